The summed E-state index contributed by atoms with van der Waals surface area (Å²) >= 11 is 12.0. The van der Waals surface area contributed by atoms with Crippen molar-refractivity contribution in [3.8, 4) is 22.6 Å². The topological polar surface area (TPSA) is 72.2 Å². The Morgan fingerprint density at radius 3 is 2.27 bits per heavy atom. The van der Waals surface area contributed by atoms with Gasteiger partial charge in [-0.05, 0) is 37.3 Å². The molecular formula is C19H17Cl2F3N2O3S. The number of alkyl halides is 3. The molecule has 0 atom stereocenters. The lowest BCUT2D eigenvalue weighted by Crippen LogP contribution is -2.30. The fourth-order valence-corrected chi connectivity index (χ4v) is 3.46. The van der Waals surface area contributed by atoms with Gasteiger partial charge in [-0.1, -0.05) is 53.8 Å². The first kappa shape index (κ1) is 24.0. The van der Waals surface area contributed by atoms with Crippen LogP contribution in [0.4, 0.5) is 18.9 Å². The highest BCUT2D eigenvalue weighted by Gasteiger charge is 2.46. The van der Waals surface area contributed by atoms with Crippen LogP contribution in [0.2, 0.25) is 10.0 Å². The fourth-order valence-electron chi connectivity index (χ4n) is 2.38. The predicted octanol–water partition coefficient (Wildman–Crippen LogP) is 6.91. The van der Waals surface area contributed by atoms with Gasteiger partial charge in [0.2, 0.25) is 0 Å². The number of aryl methyl sites for hydroxylation is 1. The van der Waals surface area contributed by atoms with E-state index in [4.69, 9.17) is 27.7 Å². The third-order valence-corrected chi connectivity index (χ3v) is 5.35. The van der Waals surface area contributed by atoms with Crippen molar-refractivity contribution >= 4 is 38.9 Å². The van der Waals surface area contributed by atoms with Crippen LogP contribution in [0.3, 0.4) is 0 Å². The highest BCUT2D eigenvalue weighted by Crippen LogP contribution is 2.36. The van der Waals surface area contributed by atoms with Crippen molar-refractivity contribution in [3.63, 3.8) is 0 Å². The van der Waals surface area contributed by atoms with E-state index in [1.165, 1.54) is 30.3 Å². The summed E-state index contributed by atoms with van der Waals surface area (Å²) in [5.41, 5.74) is -4.35. The van der Waals surface area contributed by atoms with Crippen molar-refractivity contribution < 1.29 is 26.1 Å². The van der Waals surface area contributed by atoms with Crippen LogP contribution >= 0.6 is 23.2 Å². The molecule has 0 saturated heterocycles. The Labute approximate surface area is 181 Å². The summed E-state index contributed by atoms with van der Waals surface area (Å²) in [7, 11) is -5.60. The minimum Gasteiger partial charge on any atom is -0.356 e. The molecule has 0 aliphatic rings. The summed E-state index contributed by atoms with van der Waals surface area (Å²) in [6.07, 6.45) is 0. The Hall–Kier alpha value is -2.23. The van der Waals surface area contributed by atoms with E-state index in [-0.39, 0.29) is 27.7 Å². The van der Waals surface area contributed by atoms with Gasteiger partial charge < -0.3 is 4.52 Å². The summed E-state index contributed by atoms with van der Waals surface area (Å²) in [5, 5.41) is 4.54. The molecule has 2 aromatic carbocycles. The smallest absolute Gasteiger partial charge is 0.356 e. The van der Waals surface area contributed by atoms with E-state index in [9.17, 15) is 21.6 Å². The van der Waals surface area contributed by atoms with Crippen molar-refractivity contribution in [2.75, 3.05) is 4.72 Å². The standard InChI is InChI=1S/C17H11Cl2F3N2O3S.C2H6/c1-9-2-5-14(24-28(25,26)17(20,21)22)12(6-9)15-8-16(27-23-15)11-4-3-10(18)7-13(11)19;1-2/h2-8,24H,1H3;1-2H3. The van der Waals surface area contributed by atoms with Crippen LogP contribution in [0.25, 0.3) is 22.6 Å². The molecular weight excluding hydrogens is 464 g/mol. The molecule has 3 aromatic rings. The quantitative estimate of drug-likeness (QED) is 0.440. The Morgan fingerprint density at radius 2 is 1.67 bits per heavy atom. The summed E-state index contributed by atoms with van der Waals surface area (Å²) in [6.45, 7) is 5.70. The van der Waals surface area contributed by atoms with Crippen LogP contribution in [0.1, 0.15) is 19.4 Å². The zero-order valence-electron chi connectivity index (χ0n) is 16.0. The van der Waals surface area contributed by atoms with Gasteiger partial charge in [-0.3, -0.25) is 4.72 Å². The Kier molecular flexibility index (Phi) is 7.44. The highest BCUT2D eigenvalue weighted by atomic mass is 35.5. The minimum absolute atomic E-state index is 0.118. The maximum Gasteiger partial charge on any atom is 0.516 e. The second kappa shape index (κ2) is 9.28. The van der Waals surface area contributed by atoms with E-state index < -0.39 is 15.5 Å². The summed E-state index contributed by atoms with van der Waals surface area (Å²) in [5.74, 6) is 0.239. The van der Waals surface area contributed by atoms with Crippen LogP contribution < -0.4 is 4.72 Å². The molecule has 0 bridgehead atoms. The molecule has 11 heteroatoms. The molecule has 0 fully saturated rings. The molecule has 0 spiro atoms. The molecule has 0 saturated carbocycles. The third-order valence-electron chi connectivity index (χ3n) is 3.71. The first-order chi connectivity index (χ1) is 14.0. The van der Waals surface area contributed by atoms with Gasteiger partial charge in [0.15, 0.2) is 5.76 Å². The van der Waals surface area contributed by atoms with Gasteiger partial charge >= 0.3 is 15.5 Å². The Morgan fingerprint density at radius 1 is 1.00 bits per heavy atom. The number of halogens is 5. The lowest BCUT2D eigenvalue weighted by atomic mass is 10.1. The van der Waals surface area contributed by atoms with E-state index in [1.54, 1.807) is 23.8 Å². The maximum absolute atomic E-state index is 12.7. The van der Waals surface area contributed by atoms with Gasteiger partial charge in [-0.2, -0.15) is 21.6 Å². The zero-order chi connectivity index (χ0) is 22.7. The van der Waals surface area contributed by atoms with Crippen molar-refractivity contribution in [3.05, 3.63) is 58.1 Å². The second-order valence-corrected chi connectivity index (χ2v) is 8.32. The summed E-state index contributed by atoms with van der Waals surface area (Å²) in [4.78, 5) is 0. The predicted molar refractivity (Wildman–Crippen MR) is 112 cm³/mol. The van der Waals surface area contributed by atoms with Gasteiger partial charge in [0.25, 0.3) is 0 Å². The number of anilines is 1. The fraction of sp³-hybridized carbons (Fsp3) is 0.211. The average Bonchev–Trinajstić information content (AvgIpc) is 3.13. The van der Waals surface area contributed by atoms with Gasteiger partial charge in [0.1, 0.15) is 5.69 Å². The molecule has 1 N–H and O–H groups in total. The molecule has 0 radical (unpaired) electrons. The van der Waals surface area contributed by atoms with E-state index in [2.05, 4.69) is 5.16 Å². The SMILES string of the molecule is CC.Cc1ccc(NS(=O)(=O)C(F)(F)F)c(-c2cc(-c3ccc(Cl)cc3Cl)on2)c1. The first-order valence-corrected chi connectivity index (χ1v) is 10.8. The number of aromatic nitrogens is 1. The largest absolute Gasteiger partial charge is 0.516 e. The molecule has 162 valence electrons. The van der Waals surface area contributed by atoms with Crippen molar-refractivity contribution in [2.45, 2.75) is 26.3 Å². The minimum atomic E-state index is -5.60. The Balaban J connectivity index is 0.00000155. The molecule has 0 amide bonds. The number of sulfonamides is 1. The van der Waals surface area contributed by atoms with Gasteiger partial charge in [-0.25, -0.2) is 0 Å². The molecule has 0 aliphatic heterocycles. The number of hydrogen-bond acceptors (Lipinski definition) is 4. The first-order valence-electron chi connectivity index (χ1n) is 8.60. The summed E-state index contributed by atoms with van der Waals surface area (Å²) < 4.78 is 67.9. The van der Waals surface area contributed by atoms with Crippen molar-refractivity contribution in [1.82, 2.24) is 5.16 Å². The molecule has 0 unspecified atom stereocenters. The van der Waals surface area contributed by atoms with Crippen LogP contribution in [-0.2, 0) is 10.0 Å². The van der Waals surface area contributed by atoms with Crippen LogP contribution in [0, 0.1) is 6.92 Å². The lowest BCUT2D eigenvalue weighted by Gasteiger charge is -2.13. The number of benzene rings is 2. The number of hydrogen-bond donors (Lipinski definition) is 1. The van der Waals surface area contributed by atoms with Crippen LogP contribution in [-0.4, -0.2) is 19.1 Å². The van der Waals surface area contributed by atoms with Crippen LogP contribution in [0.5, 0.6) is 0 Å². The van der Waals surface area contributed by atoms with E-state index in [1.807, 2.05) is 13.8 Å². The normalized spacial score (nSPS) is 11.6. The molecule has 30 heavy (non-hydrogen) atoms. The summed E-state index contributed by atoms with van der Waals surface area (Å²) in [6, 6.07) is 10.3. The molecule has 5 nitrogen and oxygen atoms in total. The zero-order valence-corrected chi connectivity index (χ0v) is 18.3. The van der Waals surface area contributed by atoms with E-state index in [0.717, 1.165) is 0 Å². The van der Waals surface area contributed by atoms with Gasteiger partial charge in [0.05, 0.1) is 10.7 Å². The second-order valence-electron chi connectivity index (χ2n) is 5.80. The van der Waals surface area contributed by atoms with E-state index in [0.29, 0.717) is 16.1 Å². The van der Waals surface area contributed by atoms with Crippen LogP contribution in [0.15, 0.2) is 47.0 Å². The molecule has 1 aromatic heterocycles. The third kappa shape index (κ3) is 5.27. The lowest BCUT2D eigenvalue weighted by molar-refractivity contribution is -0.0429. The van der Waals surface area contributed by atoms with Crippen molar-refractivity contribution in [2.24, 2.45) is 0 Å². The number of nitrogens with zero attached hydrogens (tertiary/aromatic N) is 1. The van der Waals surface area contributed by atoms with Gasteiger partial charge in [0, 0.05) is 22.2 Å². The molecule has 0 aliphatic carbocycles. The van der Waals surface area contributed by atoms with Gasteiger partial charge in [-0.15, -0.1) is 0 Å². The molecule has 3 rings (SSSR count). The molecule has 1 heterocycles. The monoisotopic (exact) mass is 480 g/mol. The van der Waals surface area contributed by atoms with Crippen molar-refractivity contribution in [1.29, 1.82) is 0 Å². The number of nitrogens with one attached hydrogen (secondary N) is 1. The average molecular weight is 481 g/mol. The number of rotatable bonds is 4. The maximum atomic E-state index is 12.7. The highest BCUT2D eigenvalue weighted by molar-refractivity contribution is 7.93. The Bertz CT molecular complexity index is 1150. The van der Waals surface area contributed by atoms with E-state index >= 15 is 0 Å².